The molecule has 1 aliphatic heterocycles. The fourth-order valence-corrected chi connectivity index (χ4v) is 6.06. The molecule has 3 N–H and O–H groups in total. The van der Waals surface area contributed by atoms with E-state index in [9.17, 15) is 13.9 Å². The van der Waals surface area contributed by atoms with Crippen LogP contribution in [0.15, 0.2) is 61.2 Å². The first kappa shape index (κ1) is 28.2. The average molecular weight is 596 g/mol. The van der Waals surface area contributed by atoms with E-state index < -0.39 is 43.9 Å². The van der Waals surface area contributed by atoms with E-state index in [1.165, 1.54) is 0 Å². The molecule has 0 bridgehead atoms. The molecule has 40 heavy (non-hydrogen) atoms. The number of imidazole rings is 1. The van der Waals surface area contributed by atoms with Crippen LogP contribution in [-0.4, -0.2) is 55.5 Å². The number of ether oxygens (including phenoxy) is 1. The number of anilines is 1. The van der Waals surface area contributed by atoms with E-state index in [0.717, 1.165) is 28.3 Å². The monoisotopic (exact) mass is 595 g/mol. The number of aryl methyl sites for hydroxylation is 2. The molecule has 15 heteroatoms. The molecule has 2 aromatic heterocycles. The maximum absolute atomic E-state index is 15.6. The van der Waals surface area contributed by atoms with Gasteiger partial charge in [-0.05, 0) is 38.1 Å². The van der Waals surface area contributed by atoms with Gasteiger partial charge in [-0.25, -0.2) is 28.1 Å². The van der Waals surface area contributed by atoms with Gasteiger partial charge in [-0.15, -0.1) is 0 Å². The summed E-state index contributed by atoms with van der Waals surface area (Å²) in [6.07, 6.45) is -7.46. The zero-order valence-electron chi connectivity index (χ0n) is 21.2. The molecule has 2 aromatic carbocycles. The quantitative estimate of drug-likeness (QED) is 0.264. The van der Waals surface area contributed by atoms with Crippen LogP contribution in [-0.2, 0) is 21.1 Å². The van der Waals surface area contributed by atoms with E-state index in [2.05, 4.69) is 15.0 Å². The molecule has 5 rings (SSSR count). The van der Waals surface area contributed by atoms with Gasteiger partial charge in [0.2, 0.25) is 0 Å². The van der Waals surface area contributed by atoms with Crippen LogP contribution in [0.2, 0.25) is 0 Å². The lowest BCUT2D eigenvalue weighted by atomic mass is 9.98. The molecule has 1 fully saturated rings. The molecule has 10 nitrogen and oxygen atoms in total. The Morgan fingerprint density at radius 3 is 2.17 bits per heavy atom. The number of nitrogen functional groups attached to an aromatic ring is 1. The maximum Gasteiger partial charge on any atom is 0.435 e. The predicted molar refractivity (Wildman–Crippen MR) is 143 cm³/mol. The number of benzene rings is 2. The molecule has 1 aliphatic rings. The Hall–Kier alpha value is -3.29. The Bertz CT molecular complexity index is 1490. The first-order chi connectivity index (χ1) is 19.0. The highest BCUT2D eigenvalue weighted by atomic mass is 32.5. The normalized spacial score (nSPS) is 23.1. The lowest BCUT2D eigenvalue weighted by molar-refractivity contribution is -0.182. The molecule has 0 aliphatic carbocycles. The number of fused-ring (bicyclic) bond motifs is 1. The molecule has 3 heterocycles. The Labute approximate surface area is 232 Å². The minimum absolute atomic E-state index is 0.0127. The molecule has 212 valence electrons. The summed E-state index contributed by atoms with van der Waals surface area (Å²) < 4.78 is 68.8. The highest BCUT2D eigenvalue weighted by Gasteiger charge is 2.62. The number of halogens is 3. The van der Waals surface area contributed by atoms with E-state index in [0.29, 0.717) is 0 Å². The number of aliphatic hydroxyl groups excluding tert-OH is 1. The zero-order chi connectivity index (χ0) is 28.7. The summed E-state index contributed by atoms with van der Waals surface area (Å²) in [5.74, 6) is 0.534. The lowest BCUT2D eigenvalue weighted by Gasteiger charge is -2.32. The highest BCUT2D eigenvalue weighted by Crippen LogP contribution is 2.53. The van der Waals surface area contributed by atoms with Crippen molar-refractivity contribution in [3.05, 3.63) is 72.3 Å². The number of hydrogen-bond acceptors (Lipinski definition) is 10. The predicted octanol–water partition coefficient (Wildman–Crippen LogP) is 4.66. The minimum Gasteiger partial charge on any atom is -0.416 e. The number of hydrogen-bond donors (Lipinski definition) is 2. The van der Waals surface area contributed by atoms with Gasteiger partial charge in [0.1, 0.15) is 29.4 Å². The summed E-state index contributed by atoms with van der Waals surface area (Å²) in [6.45, 7) is -1.24. The van der Waals surface area contributed by atoms with Gasteiger partial charge in [-0.3, -0.25) is 9.09 Å². The standard InChI is InChI=1S/C25H25F3N5O5PS/c1-14-3-7-16(8-4-14)37-39(40,38-17-9-5-15(2)6-10-17)35-11-25(24(27)28)20(26)19(34)23(36-25)33-13-32-18-21(29)30-12-31-22(18)33/h3-10,12-13,19-20,23-24,34H,11H2,1-2H3,(H2,29,30,31)/t19-,20-,23-,25-/m1/s1. The topological polar surface area (TPSA) is 127 Å². The Morgan fingerprint density at radius 2 is 1.62 bits per heavy atom. The number of nitrogens with zero attached hydrogens (tertiary/aromatic N) is 4. The fraction of sp³-hybridized carbons (Fsp3) is 0.320. The summed E-state index contributed by atoms with van der Waals surface area (Å²) >= 11 is 5.57. The van der Waals surface area contributed by atoms with Crippen molar-refractivity contribution in [2.45, 2.75) is 44.4 Å². The maximum atomic E-state index is 15.6. The molecule has 1 saturated heterocycles. The van der Waals surface area contributed by atoms with E-state index in [1.54, 1.807) is 48.5 Å². The molecular formula is C25H25F3N5O5PS. The Balaban J connectivity index is 1.45. The SMILES string of the molecule is Cc1ccc(OP(=S)(OC[C@@]2(C(F)F)O[C@@H](n3cnc4c(N)ncnc43)[C@H](O)[C@H]2F)Oc2ccc(C)cc2)cc1. The number of aliphatic hydroxyl groups is 1. The first-order valence-electron chi connectivity index (χ1n) is 12.0. The van der Waals surface area contributed by atoms with Crippen molar-refractivity contribution in [1.29, 1.82) is 0 Å². The van der Waals surface area contributed by atoms with E-state index >= 15 is 4.39 Å². The summed E-state index contributed by atoms with van der Waals surface area (Å²) in [7, 11) is 0. The first-order valence-corrected chi connectivity index (χ1v) is 14.6. The van der Waals surface area contributed by atoms with Crippen LogP contribution in [0.4, 0.5) is 19.0 Å². The third kappa shape index (κ3) is 5.37. The van der Waals surface area contributed by atoms with E-state index in [-0.39, 0.29) is 28.5 Å². The largest absolute Gasteiger partial charge is 0.435 e. The second-order valence-corrected chi connectivity index (χ2v) is 12.1. The molecule has 4 atom stereocenters. The number of alkyl halides is 3. The molecule has 0 unspecified atom stereocenters. The third-order valence-electron chi connectivity index (χ3n) is 6.35. The van der Waals surface area contributed by atoms with Gasteiger partial charge in [0.25, 0.3) is 6.43 Å². The van der Waals surface area contributed by atoms with Gasteiger partial charge in [-0.1, -0.05) is 35.4 Å². The van der Waals surface area contributed by atoms with Gasteiger partial charge >= 0.3 is 6.72 Å². The van der Waals surface area contributed by atoms with Crippen molar-refractivity contribution in [1.82, 2.24) is 19.5 Å². The van der Waals surface area contributed by atoms with Gasteiger partial charge in [-0.2, -0.15) is 0 Å². The van der Waals surface area contributed by atoms with Crippen LogP contribution in [0.3, 0.4) is 0 Å². The molecule has 0 saturated carbocycles. The van der Waals surface area contributed by atoms with Gasteiger partial charge in [0, 0.05) is 11.8 Å². The van der Waals surface area contributed by atoms with Crippen LogP contribution in [0.25, 0.3) is 11.2 Å². The van der Waals surface area contributed by atoms with Crippen LogP contribution < -0.4 is 14.8 Å². The Kier molecular flexibility index (Phi) is 7.73. The van der Waals surface area contributed by atoms with Crippen molar-refractivity contribution in [2.24, 2.45) is 0 Å². The smallest absolute Gasteiger partial charge is 0.416 e. The average Bonchev–Trinajstić information content (AvgIpc) is 3.46. The second-order valence-electron chi connectivity index (χ2n) is 9.27. The zero-order valence-corrected chi connectivity index (χ0v) is 22.9. The van der Waals surface area contributed by atoms with Gasteiger partial charge in [0.05, 0.1) is 12.9 Å². The third-order valence-corrected chi connectivity index (χ3v) is 8.43. The fourth-order valence-electron chi connectivity index (χ4n) is 4.13. The van der Waals surface area contributed by atoms with Crippen molar-refractivity contribution < 1.29 is 36.6 Å². The second kappa shape index (κ2) is 10.9. The van der Waals surface area contributed by atoms with Gasteiger partial charge in [0.15, 0.2) is 29.5 Å². The van der Waals surface area contributed by atoms with Crippen LogP contribution in [0, 0.1) is 13.8 Å². The van der Waals surface area contributed by atoms with Crippen LogP contribution in [0.1, 0.15) is 17.4 Å². The molecule has 0 amide bonds. The summed E-state index contributed by atoms with van der Waals surface area (Å²) in [6, 6.07) is 13.5. The minimum atomic E-state index is -3.88. The Morgan fingerprint density at radius 1 is 1.05 bits per heavy atom. The van der Waals surface area contributed by atoms with Crippen molar-refractivity contribution in [3.8, 4) is 11.5 Å². The van der Waals surface area contributed by atoms with E-state index in [4.69, 9.17) is 35.8 Å². The number of nitrogens with two attached hydrogens (primary N) is 1. The molecular weight excluding hydrogens is 570 g/mol. The van der Waals surface area contributed by atoms with Crippen molar-refractivity contribution in [2.75, 3.05) is 12.3 Å². The molecule has 0 spiro atoms. The summed E-state index contributed by atoms with van der Waals surface area (Å²) in [5, 5.41) is 10.7. The highest BCUT2D eigenvalue weighted by molar-refractivity contribution is 8.07. The summed E-state index contributed by atoms with van der Waals surface area (Å²) in [4.78, 5) is 11.9. The number of rotatable bonds is 9. The van der Waals surface area contributed by atoms with Crippen LogP contribution in [0.5, 0.6) is 11.5 Å². The lowest BCUT2D eigenvalue weighted by Crippen LogP contribution is -2.50. The number of aromatic nitrogens is 4. The van der Waals surface area contributed by atoms with Crippen LogP contribution >= 0.6 is 6.72 Å². The summed E-state index contributed by atoms with van der Waals surface area (Å²) in [5.41, 5.74) is 4.93. The van der Waals surface area contributed by atoms with Crippen molar-refractivity contribution >= 4 is 35.5 Å². The van der Waals surface area contributed by atoms with Gasteiger partial charge < -0.3 is 24.6 Å². The van der Waals surface area contributed by atoms with Crippen molar-refractivity contribution in [3.63, 3.8) is 0 Å². The molecule has 4 aromatic rings. The van der Waals surface area contributed by atoms with E-state index in [1.807, 2.05) is 13.8 Å². The molecule has 0 radical (unpaired) electrons.